The molecule has 1 aromatic carbocycles. The second kappa shape index (κ2) is 9.33. The molecule has 6 heteroatoms. The van der Waals surface area contributed by atoms with Gasteiger partial charge < -0.3 is 20.3 Å². The van der Waals surface area contributed by atoms with Gasteiger partial charge in [-0.15, -0.1) is 0 Å². The van der Waals surface area contributed by atoms with Crippen LogP contribution in [0.4, 0.5) is 15.8 Å². The van der Waals surface area contributed by atoms with E-state index in [0.717, 1.165) is 58.4 Å². The summed E-state index contributed by atoms with van der Waals surface area (Å²) in [6.45, 7) is 10.6. The fourth-order valence-electron chi connectivity index (χ4n) is 4.38. The van der Waals surface area contributed by atoms with Crippen LogP contribution in [0.2, 0.25) is 0 Å². The van der Waals surface area contributed by atoms with Crippen molar-refractivity contribution in [2.45, 2.75) is 58.5 Å². The van der Waals surface area contributed by atoms with E-state index in [1.807, 2.05) is 20.8 Å². The molecule has 2 heterocycles. The Labute approximate surface area is 174 Å². The lowest BCUT2D eigenvalue weighted by atomic mass is 9.91. The van der Waals surface area contributed by atoms with Crippen molar-refractivity contribution in [2.24, 2.45) is 11.8 Å². The Morgan fingerprint density at radius 2 is 1.79 bits per heavy atom. The fourth-order valence-corrected chi connectivity index (χ4v) is 4.38. The summed E-state index contributed by atoms with van der Waals surface area (Å²) < 4.78 is 19.7. The van der Waals surface area contributed by atoms with Crippen LogP contribution in [-0.2, 0) is 9.53 Å². The van der Waals surface area contributed by atoms with Crippen LogP contribution in [0.5, 0.6) is 0 Å². The van der Waals surface area contributed by atoms with Gasteiger partial charge in [-0.05, 0) is 96.6 Å². The van der Waals surface area contributed by atoms with Gasteiger partial charge in [-0.3, -0.25) is 4.79 Å². The molecule has 0 saturated carbocycles. The first-order valence-electron chi connectivity index (χ1n) is 11.0. The maximum absolute atomic E-state index is 14.1. The van der Waals surface area contributed by atoms with Gasteiger partial charge in [-0.1, -0.05) is 0 Å². The first-order chi connectivity index (χ1) is 13.7. The van der Waals surface area contributed by atoms with E-state index in [1.165, 1.54) is 12.5 Å². The summed E-state index contributed by atoms with van der Waals surface area (Å²) in [5.74, 6) is 0.464. The Kier molecular flexibility index (Phi) is 7.04. The van der Waals surface area contributed by atoms with Crippen molar-refractivity contribution in [1.82, 2.24) is 4.90 Å². The summed E-state index contributed by atoms with van der Waals surface area (Å²) in [5, 5.41) is 0. The number of hydrogen-bond acceptors (Lipinski definition) is 5. The smallest absolute Gasteiger partial charge is 0.309 e. The van der Waals surface area contributed by atoms with Gasteiger partial charge in [0.05, 0.1) is 11.6 Å². The van der Waals surface area contributed by atoms with Crippen molar-refractivity contribution in [2.75, 3.05) is 43.4 Å². The molecule has 0 unspecified atom stereocenters. The maximum Gasteiger partial charge on any atom is 0.309 e. The predicted molar refractivity (Wildman–Crippen MR) is 115 cm³/mol. The van der Waals surface area contributed by atoms with E-state index in [1.54, 1.807) is 12.1 Å². The zero-order valence-corrected chi connectivity index (χ0v) is 18.1. The van der Waals surface area contributed by atoms with Crippen molar-refractivity contribution < 1.29 is 13.9 Å². The van der Waals surface area contributed by atoms with E-state index in [0.29, 0.717) is 17.3 Å². The lowest BCUT2D eigenvalue weighted by Crippen LogP contribution is -2.40. The van der Waals surface area contributed by atoms with Crippen molar-refractivity contribution in [3.05, 3.63) is 24.0 Å². The minimum Gasteiger partial charge on any atom is -0.460 e. The number of anilines is 2. The lowest BCUT2D eigenvalue weighted by molar-refractivity contribution is -0.161. The number of benzene rings is 1. The van der Waals surface area contributed by atoms with E-state index >= 15 is 0 Å². The number of hydrogen-bond donors (Lipinski definition) is 1. The van der Waals surface area contributed by atoms with Crippen LogP contribution in [0.1, 0.15) is 52.9 Å². The Balaban J connectivity index is 1.36. The average molecular weight is 406 g/mol. The number of carbonyl (C=O) groups is 1. The highest BCUT2D eigenvalue weighted by Gasteiger charge is 2.29. The Bertz CT molecular complexity index is 688. The highest BCUT2D eigenvalue weighted by Crippen LogP contribution is 2.29. The molecule has 5 nitrogen and oxygen atoms in total. The molecular formula is C23H36FN3O2. The van der Waals surface area contributed by atoms with Crippen LogP contribution in [0, 0.1) is 17.7 Å². The highest BCUT2D eigenvalue weighted by molar-refractivity contribution is 5.73. The molecule has 0 amide bonds. The normalized spacial score (nSPS) is 20.1. The first kappa shape index (κ1) is 21.9. The average Bonchev–Trinajstić information content (AvgIpc) is 2.66. The van der Waals surface area contributed by atoms with Gasteiger partial charge in [0.1, 0.15) is 11.4 Å². The second-order valence-electron chi connectivity index (χ2n) is 9.58. The third kappa shape index (κ3) is 6.33. The predicted octanol–water partition coefficient (Wildman–Crippen LogP) is 4.07. The van der Waals surface area contributed by atoms with E-state index in [4.69, 9.17) is 10.5 Å². The Morgan fingerprint density at radius 3 is 2.38 bits per heavy atom. The molecule has 0 aliphatic carbocycles. The van der Waals surface area contributed by atoms with Gasteiger partial charge in [-0.2, -0.15) is 0 Å². The van der Waals surface area contributed by atoms with E-state index in [2.05, 4.69) is 9.80 Å². The Hall–Kier alpha value is -1.82. The SMILES string of the molecule is CC(C)(C)OC(=O)C1CCN(CCC2CCN(c3ccc(N)cc3F)CC2)CC1. The van der Waals surface area contributed by atoms with Gasteiger partial charge in [0.25, 0.3) is 0 Å². The van der Waals surface area contributed by atoms with E-state index < -0.39 is 5.60 Å². The van der Waals surface area contributed by atoms with Gasteiger partial charge in [0.15, 0.2) is 0 Å². The minimum atomic E-state index is -0.404. The molecule has 0 radical (unpaired) electrons. The molecule has 0 spiro atoms. The maximum atomic E-state index is 14.1. The monoisotopic (exact) mass is 405 g/mol. The standard InChI is InChI=1S/C23H36FN3O2/c1-23(2,3)29-22(28)18-9-12-26(13-10-18)11-6-17-7-14-27(15-8-17)21-5-4-19(25)16-20(21)24/h4-5,16-18H,6-15,25H2,1-3H3. The van der Waals surface area contributed by atoms with Crippen molar-refractivity contribution in [1.29, 1.82) is 0 Å². The van der Waals surface area contributed by atoms with Crippen LogP contribution in [0.3, 0.4) is 0 Å². The number of rotatable bonds is 5. The largest absolute Gasteiger partial charge is 0.460 e. The number of carbonyl (C=O) groups excluding carboxylic acids is 1. The quantitative estimate of drug-likeness (QED) is 0.591. The van der Waals surface area contributed by atoms with Gasteiger partial charge in [0, 0.05) is 18.8 Å². The topological polar surface area (TPSA) is 58.8 Å². The number of likely N-dealkylation sites (tertiary alicyclic amines) is 1. The third-order valence-electron chi connectivity index (χ3n) is 6.11. The molecule has 2 saturated heterocycles. The van der Waals surface area contributed by atoms with Crippen molar-refractivity contribution in [3.63, 3.8) is 0 Å². The summed E-state index contributed by atoms with van der Waals surface area (Å²) in [6.07, 6.45) is 5.15. The summed E-state index contributed by atoms with van der Waals surface area (Å²) in [4.78, 5) is 16.9. The first-order valence-corrected chi connectivity index (χ1v) is 11.0. The molecule has 0 aromatic heterocycles. The molecule has 0 bridgehead atoms. The molecule has 0 atom stereocenters. The number of piperidine rings is 2. The molecule has 2 N–H and O–H groups in total. The van der Waals surface area contributed by atoms with E-state index in [9.17, 15) is 9.18 Å². The molecule has 1 aromatic rings. The van der Waals surface area contributed by atoms with Crippen LogP contribution in [0.25, 0.3) is 0 Å². The van der Waals surface area contributed by atoms with Crippen LogP contribution in [0.15, 0.2) is 18.2 Å². The minimum absolute atomic E-state index is 0.0422. The van der Waals surface area contributed by atoms with Gasteiger partial charge >= 0.3 is 5.97 Å². The second-order valence-corrected chi connectivity index (χ2v) is 9.58. The number of ether oxygens (including phenoxy) is 1. The molecule has 3 rings (SSSR count). The number of nitrogen functional groups attached to an aromatic ring is 1. The number of nitrogens with two attached hydrogens (primary N) is 1. The molecular weight excluding hydrogens is 369 g/mol. The van der Waals surface area contributed by atoms with Crippen molar-refractivity contribution in [3.8, 4) is 0 Å². The van der Waals surface area contributed by atoms with Gasteiger partial charge in [0.2, 0.25) is 0 Å². The summed E-state index contributed by atoms with van der Waals surface area (Å²) in [5.41, 5.74) is 6.39. The third-order valence-corrected chi connectivity index (χ3v) is 6.11. The Morgan fingerprint density at radius 1 is 1.14 bits per heavy atom. The molecule has 2 aliphatic heterocycles. The van der Waals surface area contributed by atoms with Crippen LogP contribution >= 0.6 is 0 Å². The fraction of sp³-hybridized carbons (Fsp3) is 0.696. The molecule has 2 fully saturated rings. The lowest BCUT2D eigenvalue weighted by Gasteiger charge is -2.36. The molecule has 29 heavy (non-hydrogen) atoms. The number of halogens is 1. The van der Waals surface area contributed by atoms with Gasteiger partial charge in [-0.25, -0.2) is 4.39 Å². The number of nitrogens with zero attached hydrogens (tertiary/aromatic N) is 2. The summed E-state index contributed by atoms with van der Waals surface area (Å²) in [6, 6.07) is 4.97. The summed E-state index contributed by atoms with van der Waals surface area (Å²) >= 11 is 0. The molecule has 162 valence electrons. The number of esters is 1. The van der Waals surface area contributed by atoms with Crippen molar-refractivity contribution >= 4 is 17.3 Å². The summed E-state index contributed by atoms with van der Waals surface area (Å²) in [7, 11) is 0. The zero-order chi connectivity index (χ0) is 21.0. The zero-order valence-electron chi connectivity index (χ0n) is 18.1. The van der Waals surface area contributed by atoms with Crippen LogP contribution in [-0.4, -0.2) is 49.2 Å². The highest BCUT2D eigenvalue weighted by atomic mass is 19.1. The van der Waals surface area contributed by atoms with E-state index in [-0.39, 0.29) is 17.7 Å². The van der Waals surface area contributed by atoms with Crippen LogP contribution < -0.4 is 10.6 Å². The molecule has 2 aliphatic rings.